The van der Waals surface area contributed by atoms with Gasteiger partial charge in [0.2, 0.25) is 5.95 Å². The number of sulfone groups is 1. The van der Waals surface area contributed by atoms with Gasteiger partial charge in [-0.3, -0.25) is 10.1 Å². The molecule has 0 spiro atoms. The van der Waals surface area contributed by atoms with E-state index in [0.29, 0.717) is 31.3 Å². The minimum absolute atomic E-state index is 0.0443. The Hall–Kier alpha value is -2.96. The smallest absolute Gasteiger partial charge is 0.368 e. The van der Waals surface area contributed by atoms with Crippen LogP contribution < -0.4 is 10.6 Å². The Morgan fingerprint density at radius 3 is 2.62 bits per heavy atom. The van der Waals surface area contributed by atoms with Crippen LogP contribution in [0.25, 0.3) is 0 Å². The van der Waals surface area contributed by atoms with Gasteiger partial charge >= 0.3 is 5.51 Å². The summed E-state index contributed by atoms with van der Waals surface area (Å²) in [4.78, 5) is 19.0. The maximum Gasteiger partial charge on any atom is 0.501 e. The molecule has 156 valence electrons. The normalized spacial score (nSPS) is 17.9. The first-order valence-electron chi connectivity index (χ1n) is 8.44. The molecule has 0 radical (unpaired) electrons. The van der Waals surface area contributed by atoms with Crippen LogP contribution in [0.15, 0.2) is 35.4 Å². The molecule has 1 aromatic carbocycles. The van der Waals surface area contributed by atoms with E-state index in [1.165, 1.54) is 6.20 Å². The fraction of sp³-hybridized carbons (Fsp3) is 0.375. The third-order valence-corrected chi connectivity index (χ3v) is 6.12. The van der Waals surface area contributed by atoms with E-state index in [0.717, 1.165) is 18.6 Å². The molecule has 1 saturated heterocycles. The predicted octanol–water partition coefficient (Wildman–Crippen LogP) is 2.64. The van der Waals surface area contributed by atoms with E-state index in [1.54, 1.807) is 11.0 Å². The number of alkyl halides is 3. The molecule has 2 N–H and O–H groups in total. The zero-order valence-corrected chi connectivity index (χ0v) is 15.7. The van der Waals surface area contributed by atoms with Crippen LogP contribution in [0, 0.1) is 10.1 Å². The largest absolute Gasteiger partial charge is 0.501 e. The molecule has 2 heterocycles. The molecular formula is C16H16F3N5O4S. The van der Waals surface area contributed by atoms with Gasteiger partial charge in [-0.1, -0.05) is 0 Å². The Balaban J connectivity index is 1.97. The van der Waals surface area contributed by atoms with Gasteiger partial charge in [-0.15, -0.1) is 0 Å². The van der Waals surface area contributed by atoms with E-state index < -0.39 is 30.9 Å². The van der Waals surface area contributed by atoms with Gasteiger partial charge in [-0.2, -0.15) is 13.2 Å². The van der Waals surface area contributed by atoms with Gasteiger partial charge in [-0.25, -0.2) is 18.4 Å². The lowest BCUT2D eigenvalue weighted by Gasteiger charge is -2.33. The molecule has 1 fully saturated rings. The Kier molecular flexibility index (Phi) is 5.34. The monoisotopic (exact) mass is 431 g/mol. The number of halogens is 3. The number of nitro groups is 1. The quantitative estimate of drug-likeness (QED) is 0.577. The van der Waals surface area contributed by atoms with Crippen molar-refractivity contribution in [1.29, 1.82) is 0 Å². The molecule has 1 atom stereocenters. The van der Waals surface area contributed by atoms with E-state index >= 15 is 0 Å². The molecule has 13 heteroatoms. The van der Waals surface area contributed by atoms with Crippen LogP contribution in [0.3, 0.4) is 0 Å². The summed E-state index contributed by atoms with van der Waals surface area (Å²) < 4.78 is 61.6. The van der Waals surface area contributed by atoms with Crippen LogP contribution >= 0.6 is 0 Å². The van der Waals surface area contributed by atoms with Crippen molar-refractivity contribution in [1.82, 2.24) is 9.97 Å². The number of nitrogens with zero attached hydrogens (tertiary/aromatic N) is 4. The summed E-state index contributed by atoms with van der Waals surface area (Å²) in [6, 6.07) is 3.90. The average molecular weight is 431 g/mol. The number of nitrogens with two attached hydrogens (primary N) is 1. The number of nitrogen functional groups attached to an aromatic ring is 1. The SMILES string of the molecule is Nc1nccc([C@H]2CCCN(c3ccc(S(=O)(=O)C(F)(F)F)cc3[N+](=O)[O-])C2)n1. The Morgan fingerprint density at radius 1 is 1.28 bits per heavy atom. The number of piperidine rings is 1. The maximum absolute atomic E-state index is 12.8. The minimum Gasteiger partial charge on any atom is -0.368 e. The molecule has 0 bridgehead atoms. The first kappa shape index (κ1) is 20.8. The fourth-order valence-corrected chi connectivity index (χ4v) is 4.05. The minimum atomic E-state index is -5.69. The molecule has 9 nitrogen and oxygen atoms in total. The van der Waals surface area contributed by atoms with Gasteiger partial charge in [-0.05, 0) is 31.0 Å². The molecule has 3 rings (SSSR count). The lowest BCUT2D eigenvalue weighted by Crippen LogP contribution is -2.35. The number of nitro benzene ring substituents is 1. The van der Waals surface area contributed by atoms with Crippen molar-refractivity contribution in [3.8, 4) is 0 Å². The van der Waals surface area contributed by atoms with Crippen LogP contribution in [0.1, 0.15) is 24.5 Å². The summed E-state index contributed by atoms with van der Waals surface area (Å²) in [5.41, 5.74) is 0.0315. The summed E-state index contributed by atoms with van der Waals surface area (Å²) >= 11 is 0. The summed E-state index contributed by atoms with van der Waals surface area (Å²) in [5.74, 6) is -0.0282. The second-order valence-electron chi connectivity index (χ2n) is 6.48. The third-order valence-electron chi connectivity index (χ3n) is 4.63. The summed E-state index contributed by atoms with van der Waals surface area (Å²) in [6.45, 7) is 0.728. The Morgan fingerprint density at radius 2 is 2.00 bits per heavy atom. The predicted molar refractivity (Wildman–Crippen MR) is 97.0 cm³/mol. The summed E-state index contributed by atoms with van der Waals surface area (Å²) in [7, 11) is -5.69. The van der Waals surface area contributed by atoms with Crippen molar-refractivity contribution in [3.63, 3.8) is 0 Å². The van der Waals surface area contributed by atoms with Gasteiger partial charge in [0.05, 0.1) is 15.5 Å². The standard InChI is InChI=1S/C16H16F3N5O4S/c17-16(18,19)29(27,28)11-3-4-13(14(8-11)24(25)26)23-7-1-2-10(9-23)12-5-6-21-15(20)22-12/h3-6,8,10H,1-2,7,9H2,(H2,20,21,22)/t10-/m0/s1. The highest BCUT2D eigenvalue weighted by molar-refractivity contribution is 7.92. The Bertz CT molecular complexity index is 1050. The number of benzene rings is 1. The Labute approximate surface area is 163 Å². The molecule has 0 aliphatic carbocycles. The fourth-order valence-electron chi connectivity index (χ4n) is 3.27. The van der Waals surface area contributed by atoms with Crippen molar-refractivity contribution in [2.24, 2.45) is 0 Å². The number of anilines is 2. The van der Waals surface area contributed by atoms with E-state index in [9.17, 15) is 31.7 Å². The summed E-state index contributed by atoms with van der Waals surface area (Å²) in [6.07, 6.45) is 2.88. The van der Waals surface area contributed by atoms with E-state index in [2.05, 4.69) is 9.97 Å². The third kappa shape index (κ3) is 4.09. The van der Waals surface area contributed by atoms with Crippen LogP contribution in [0.2, 0.25) is 0 Å². The number of rotatable bonds is 4. The lowest BCUT2D eigenvalue weighted by atomic mass is 9.94. The van der Waals surface area contributed by atoms with Crippen molar-refractivity contribution in [2.75, 3.05) is 23.7 Å². The molecule has 2 aromatic rings. The van der Waals surface area contributed by atoms with Crippen molar-refractivity contribution in [3.05, 3.63) is 46.3 Å². The van der Waals surface area contributed by atoms with E-state index in [-0.39, 0.29) is 17.6 Å². The highest BCUT2D eigenvalue weighted by Gasteiger charge is 2.47. The van der Waals surface area contributed by atoms with Crippen LogP contribution in [-0.2, 0) is 9.84 Å². The van der Waals surface area contributed by atoms with Crippen LogP contribution in [0.5, 0.6) is 0 Å². The summed E-state index contributed by atoms with van der Waals surface area (Å²) in [5, 5.41) is 11.5. The van der Waals surface area contributed by atoms with E-state index in [4.69, 9.17) is 5.73 Å². The first-order chi connectivity index (χ1) is 13.5. The topological polar surface area (TPSA) is 132 Å². The molecule has 1 aliphatic rings. The lowest BCUT2D eigenvalue weighted by molar-refractivity contribution is -0.384. The molecule has 0 saturated carbocycles. The van der Waals surface area contributed by atoms with Crippen LogP contribution in [0.4, 0.5) is 30.5 Å². The second kappa shape index (κ2) is 7.46. The number of hydrogen-bond donors (Lipinski definition) is 1. The zero-order chi connectivity index (χ0) is 21.4. The molecule has 1 aliphatic heterocycles. The maximum atomic E-state index is 12.8. The molecule has 0 amide bonds. The van der Waals surface area contributed by atoms with Gasteiger partial charge < -0.3 is 10.6 Å². The highest BCUT2D eigenvalue weighted by Crippen LogP contribution is 2.38. The highest BCUT2D eigenvalue weighted by atomic mass is 32.2. The second-order valence-corrected chi connectivity index (χ2v) is 8.42. The average Bonchev–Trinajstić information content (AvgIpc) is 2.66. The zero-order valence-electron chi connectivity index (χ0n) is 14.8. The number of hydrogen-bond acceptors (Lipinski definition) is 8. The van der Waals surface area contributed by atoms with Gasteiger partial charge in [0, 0.05) is 31.3 Å². The van der Waals surface area contributed by atoms with Crippen LogP contribution in [-0.4, -0.2) is 41.9 Å². The molecule has 1 aromatic heterocycles. The number of aromatic nitrogens is 2. The molecular weight excluding hydrogens is 415 g/mol. The molecule has 0 unspecified atom stereocenters. The molecule has 29 heavy (non-hydrogen) atoms. The first-order valence-corrected chi connectivity index (χ1v) is 9.92. The van der Waals surface area contributed by atoms with E-state index in [1.807, 2.05) is 0 Å². The van der Waals surface area contributed by atoms with Gasteiger partial charge in [0.15, 0.2) is 0 Å². The van der Waals surface area contributed by atoms with Gasteiger partial charge in [0.1, 0.15) is 5.69 Å². The van der Waals surface area contributed by atoms with Crippen molar-refractivity contribution < 1.29 is 26.5 Å². The van der Waals surface area contributed by atoms with Crippen molar-refractivity contribution >= 4 is 27.2 Å². The van der Waals surface area contributed by atoms with Crippen molar-refractivity contribution in [2.45, 2.75) is 29.2 Å². The van der Waals surface area contributed by atoms with Gasteiger partial charge in [0.25, 0.3) is 15.5 Å².